The maximum atomic E-state index is 14.6. The first-order chi connectivity index (χ1) is 15.6. The van der Waals surface area contributed by atoms with Crippen LogP contribution in [0.25, 0.3) is 0 Å². The van der Waals surface area contributed by atoms with Crippen molar-refractivity contribution in [3.8, 4) is 0 Å². The number of likely N-dealkylation sites (tertiary alicyclic amines) is 1. The van der Waals surface area contributed by atoms with Gasteiger partial charge < -0.3 is 30.9 Å². The lowest BCUT2D eigenvalue weighted by Crippen LogP contribution is -2.67. The number of rotatable bonds is 6. The second-order valence-corrected chi connectivity index (χ2v) is 8.96. The highest BCUT2D eigenvalue weighted by atomic mass is 19.2. The Morgan fingerprint density at radius 1 is 1.09 bits per heavy atom. The van der Waals surface area contributed by atoms with Gasteiger partial charge in [-0.1, -0.05) is 6.07 Å². The van der Waals surface area contributed by atoms with E-state index in [4.69, 9.17) is 0 Å². The summed E-state index contributed by atoms with van der Waals surface area (Å²) in [6.07, 6.45) is -0.901. The van der Waals surface area contributed by atoms with Crippen LogP contribution in [0.15, 0.2) is 30.3 Å². The first-order valence-corrected chi connectivity index (χ1v) is 10.7. The van der Waals surface area contributed by atoms with Gasteiger partial charge in [0, 0.05) is 12.6 Å². The molecule has 1 unspecified atom stereocenters. The quantitative estimate of drug-likeness (QED) is 0.446. The van der Waals surface area contributed by atoms with E-state index in [1.165, 1.54) is 17.0 Å². The van der Waals surface area contributed by atoms with Crippen molar-refractivity contribution >= 4 is 17.3 Å². The third-order valence-electron chi connectivity index (χ3n) is 6.18. The molecule has 1 heterocycles. The molecule has 2 fully saturated rings. The zero-order valence-electron chi connectivity index (χ0n) is 18.0. The zero-order chi connectivity index (χ0) is 23.9. The van der Waals surface area contributed by atoms with E-state index in [0.29, 0.717) is 18.4 Å². The van der Waals surface area contributed by atoms with Crippen LogP contribution in [0.3, 0.4) is 0 Å². The molecule has 0 aromatic heterocycles. The van der Waals surface area contributed by atoms with Crippen LogP contribution in [0, 0.1) is 24.4 Å². The summed E-state index contributed by atoms with van der Waals surface area (Å²) in [5, 5.41) is 35.5. The molecule has 0 spiro atoms. The Morgan fingerprint density at radius 2 is 1.76 bits per heavy atom. The topological polar surface area (TPSA) is 105 Å². The van der Waals surface area contributed by atoms with Gasteiger partial charge in [0.05, 0.1) is 42.2 Å². The highest BCUT2D eigenvalue weighted by molar-refractivity contribution is 6.01. The van der Waals surface area contributed by atoms with E-state index >= 15 is 0 Å². The highest BCUT2D eigenvalue weighted by Gasteiger charge is 2.45. The number of hydrogen-bond acceptors (Lipinski definition) is 6. The van der Waals surface area contributed by atoms with Crippen molar-refractivity contribution in [1.29, 1.82) is 0 Å². The second kappa shape index (κ2) is 8.94. The van der Waals surface area contributed by atoms with Crippen LogP contribution in [0.2, 0.25) is 0 Å². The highest BCUT2D eigenvalue weighted by Crippen LogP contribution is 2.32. The molecular weight excluding hydrogens is 439 g/mol. The Balaban J connectivity index is 1.45. The zero-order valence-corrected chi connectivity index (χ0v) is 18.0. The van der Waals surface area contributed by atoms with Crippen LogP contribution in [0.1, 0.15) is 28.8 Å². The SMILES string of the molecule is Cc1ccc(Nc2c(C(=O)N3CC(O)(CNC4C[C@@H](O)[C@@H](O)C4)C3)ccc(F)c2F)c(F)c1. The smallest absolute Gasteiger partial charge is 0.256 e. The first kappa shape index (κ1) is 23.5. The molecule has 10 heteroatoms. The molecule has 1 saturated heterocycles. The van der Waals surface area contributed by atoms with Crippen LogP contribution in [0.5, 0.6) is 0 Å². The molecule has 33 heavy (non-hydrogen) atoms. The van der Waals surface area contributed by atoms with Gasteiger partial charge in [-0.05, 0) is 49.6 Å². The Hall–Kier alpha value is -2.66. The molecule has 1 aliphatic carbocycles. The normalized spacial score (nSPS) is 24.0. The Kier molecular flexibility index (Phi) is 6.37. The predicted octanol–water partition coefficient (Wildman–Crippen LogP) is 1.82. The number of aliphatic hydroxyl groups is 3. The molecular formula is C23H26F3N3O4. The lowest BCUT2D eigenvalue weighted by atomic mass is 9.92. The molecule has 178 valence electrons. The maximum absolute atomic E-state index is 14.6. The van der Waals surface area contributed by atoms with Crippen molar-refractivity contribution < 1.29 is 33.3 Å². The van der Waals surface area contributed by atoms with Crippen molar-refractivity contribution in [1.82, 2.24) is 10.2 Å². The van der Waals surface area contributed by atoms with Crippen molar-refractivity contribution in [2.45, 2.75) is 43.6 Å². The summed E-state index contributed by atoms with van der Waals surface area (Å²) in [7, 11) is 0. The predicted molar refractivity (Wildman–Crippen MR) is 115 cm³/mol. The standard InChI is InChI=1S/C23H26F3N3O4/c1-12-2-5-17(16(25)6-12)28-21-14(3-4-15(24)20(21)26)22(32)29-10-23(33,11-29)9-27-13-7-18(30)19(31)8-13/h2-6,13,18-19,27-28,30-31,33H,7-11H2,1H3/t13?,18-,19+. The molecule has 4 rings (SSSR count). The summed E-state index contributed by atoms with van der Waals surface area (Å²) in [6.45, 7) is 1.72. The summed E-state index contributed by atoms with van der Waals surface area (Å²) in [5.74, 6) is -3.81. The fraction of sp³-hybridized carbons (Fsp3) is 0.435. The molecule has 3 atom stereocenters. The minimum absolute atomic E-state index is 0.0476. The fourth-order valence-corrected chi connectivity index (χ4v) is 4.29. The number of carbonyl (C=O) groups excluding carboxylic acids is 1. The van der Waals surface area contributed by atoms with E-state index in [2.05, 4.69) is 10.6 Å². The number of β-amino-alcohol motifs (C(OH)–C–C–N with tert-alkyl or cyclic N) is 1. The van der Waals surface area contributed by atoms with E-state index in [-0.39, 0.29) is 36.9 Å². The van der Waals surface area contributed by atoms with Crippen molar-refractivity contribution in [3.63, 3.8) is 0 Å². The molecule has 1 aliphatic heterocycles. The molecule has 0 bridgehead atoms. The molecule has 1 saturated carbocycles. The van der Waals surface area contributed by atoms with E-state index < -0.39 is 46.9 Å². The number of benzene rings is 2. The minimum Gasteiger partial charge on any atom is -0.390 e. The number of hydrogen-bond donors (Lipinski definition) is 5. The summed E-state index contributed by atoms with van der Waals surface area (Å²) in [4.78, 5) is 14.3. The lowest BCUT2D eigenvalue weighted by Gasteiger charge is -2.47. The third kappa shape index (κ3) is 4.84. The Morgan fingerprint density at radius 3 is 2.39 bits per heavy atom. The Labute approximate surface area is 188 Å². The number of amides is 1. The number of nitrogens with zero attached hydrogens (tertiary/aromatic N) is 1. The Bertz CT molecular complexity index is 1050. The average molecular weight is 465 g/mol. The van der Waals surface area contributed by atoms with Crippen molar-refractivity contribution in [3.05, 3.63) is 58.9 Å². The maximum Gasteiger partial charge on any atom is 0.256 e. The van der Waals surface area contributed by atoms with E-state index in [1.807, 2.05) is 0 Å². The van der Waals surface area contributed by atoms with E-state index in [1.54, 1.807) is 13.0 Å². The number of carbonyl (C=O) groups is 1. The lowest BCUT2D eigenvalue weighted by molar-refractivity contribution is -0.0798. The third-order valence-corrected chi connectivity index (χ3v) is 6.18. The molecule has 0 radical (unpaired) electrons. The van der Waals surface area contributed by atoms with Gasteiger partial charge in [0.15, 0.2) is 11.6 Å². The largest absolute Gasteiger partial charge is 0.390 e. The second-order valence-electron chi connectivity index (χ2n) is 8.96. The molecule has 2 aliphatic rings. The molecule has 5 N–H and O–H groups in total. The average Bonchev–Trinajstić information content (AvgIpc) is 3.06. The monoisotopic (exact) mass is 465 g/mol. The van der Waals surface area contributed by atoms with Crippen LogP contribution in [-0.2, 0) is 0 Å². The van der Waals surface area contributed by atoms with Gasteiger partial charge >= 0.3 is 0 Å². The van der Waals surface area contributed by atoms with Crippen molar-refractivity contribution in [2.75, 3.05) is 25.0 Å². The fourth-order valence-electron chi connectivity index (χ4n) is 4.29. The van der Waals surface area contributed by atoms with E-state index in [0.717, 1.165) is 12.1 Å². The van der Waals surface area contributed by atoms with Gasteiger partial charge in [-0.15, -0.1) is 0 Å². The van der Waals surface area contributed by atoms with Crippen LogP contribution < -0.4 is 10.6 Å². The van der Waals surface area contributed by atoms with Gasteiger partial charge in [-0.3, -0.25) is 4.79 Å². The molecule has 2 aromatic carbocycles. The van der Waals surface area contributed by atoms with E-state index in [9.17, 15) is 33.3 Å². The first-order valence-electron chi connectivity index (χ1n) is 10.7. The number of halogens is 3. The number of aryl methyl sites for hydroxylation is 1. The van der Waals surface area contributed by atoms with Crippen LogP contribution in [0.4, 0.5) is 24.5 Å². The summed E-state index contributed by atoms with van der Waals surface area (Å²) < 4.78 is 42.7. The number of nitrogens with one attached hydrogen (secondary N) is 2. The van der Waals surface area contributed by atoms with Gasteiger partial charge in [-0.2, -0.15) is 0 Å². The molecule has 2 aromatic rings. The molecule has 7 nitrogen and oxygen atoms in total. The van der Waals surface area contributed by atoms with Gasteiger partial charge in [0.25, 0.3) is 5.91 Å². The molecule has 1 amide bonds. The van der Waals surface area contributed by atoms with Crippen molar-refractivity contribution in [2.24, 2.45) is 0 Å². The van der Waals surface area contributed by atoms with Gasteiger partial charge in [0.2, 0.25) is 0 Å². The summed E-state index contributed by atoms with van der Waals surface area (Å²) in [5.41, 5.74) is -1.37. The number of aliphatic hydroxyl groups excluding tert-OH is 2. The summed E-state index contributed by atoms with van der Waals surface area (Å²) in [6, 6.07) is 5.97. The summed E-state index contributed by atoms with van der Waals surface area (Å²) >= 11 is 0. The van der Waals surface area contributed by atoms with Gasteiger partial charge in [-0.25, -0.2) is 13.2 Å². The number of anilines is 2. The van der Waals surface area contributed by atoms with Crippen LogP contribution >= 0.6 is 0 Å². The van der Waals surface area contributed by atoms with Gasteiger partial charge in [0.1, 0.15) is 11.4 Å². The minimum atomic E-state index is -1.31. The van der Waals surface area contributed by atoms with Crippen LogP contribution in [-0.4, -0.2) is 69.6 Å².